The van der Waals surface area contributed by atoms with Crippen LogP contribution in [0.3, 0.4) is 0 Å². The fourth-order valence-corrected chi connectivity index (χ4v) is 3.67. The molecule has 0 radical (unpaired) electrons. The third kappa shape index (κ3) is 2.98. The summed E-state index contributed by atoms with van der Waals surface area (Å²) in [4.78, 5) is 0. The van der Waals surface area contributed by atoms with Crippen molar-refractivity contribution >= 4 is 9.84 Å². The molecule has 1 aliphatic heterocycles. The number of hydrogen-bond acceptors (Lipinski definition) is 4. The zero-order chi connectivity index (χ0) is 12.3. The van der Waals surface area contributed by atoms with Gasteiger partial charge in [-0.1, -0.05) is 18.2 Å². The van der Waals surface area contributed by atoms with Crippen LogP contribution in [0.4, 0.5) is 0 Å². The molecule has 1 heterocycles. The van der Waals surface area contributed by atoms with E-state index < -0.39 is 9.84 Å². The van der Waals surface area contributed by atoms with Crippen LogP contribution in [0.15, 0.2) is 24.3 Å². The maximum atomic E-state index is 11.8. The molecule has 17 heavy (non-hydrogen) atoms. The van der Waals surface area contributed by atoms with E-state index in [1.807, 2.05) is 24.3 Å². The number of ether oxygens (including phenoxy) is 1. The molecule has 1 N–H and O–H groups in total. The van der Waals surface area contributed by atoms with Gasteiger partial charge in [-0.15, -0.1) is 0 Å². The SMILES string of the molecule is COc1ccccc1C1CS(=O)(=O)CCCN1. The van der Waals surface area contributed by atoms with Crippen molar-refractivity contribution in [3.8, 4) is 5.75 Å². The van der Waals surface area contributed by atoms with Crippen LogP contribution in [0.2, 0.25) is 0 Å². The van der Waals surface area contributed by atoms with E-state index in [2.05, 4.69) is 5.32 Å². The minimum Gasteiger partial charge on any atom is -0.496 e. The Morgan fingerprint density at radius 3 is 2.88 bits per heavy atom. The van der Waals surface area contributed by atoms with Crippen LogP contribution in [-0.2, 0) is 9.84 Å². The number of sulfone groups is 1. The molecule has 1 unspecified atom stereocenters. The van der Waals surface area contributed by atoms with Crippen molar-refractivity contribution in [3.63, 3.8) is 0 Å². The Hall–Kier alpha value is -1.07. The Labute approximate surface area is 102 Å². The van der Waals surface area contributed by atoms with Gasteiger partial charge in [0.05, 0.1) is 18.6 Å². The first-order valence-corrected chi connectivity index (χ1v) is 7.51. The van der Waals surface area contributed by atoms with Crippen molar-refractivity contribution < 1.29 is 13.2 Å². The first-order chi connectivity index (χ1) is 8.12. The summed E-state index contributed by atoms with van der Waals surface area (Å²) < 4.78 is 28.8. The molecular formula is C12H17NO3S. The first kappa shape index (κ1) is 12.4. The lowest BCUT2D eigenvalue weighted by atomic mass is 10.1. The van der Waals surface area contributed by atoms with Gasteiger partial charge in [-0.2, -0.15) is 0 Å². The minimum atomic E-state index is -2.96. The predicted octanol–water partition coefficient (Wildman–Crippen LogP) is 1.14. The van der Waals surface area contributed by atoms with Crippen molar-refractivity contribution in [2.45, 2.75) is 12.5 Å². The van der Waals surface area contributed by atoms with Crippen LogP contribution in [0, 0.1) is 0 Å². The molecule has 0 saturated carbocycles. The number of rotatable bonds is 2. The fraction of sp³-hybridized carbons (Fsp3) is 0.500. The Morgan fingerprint density at radius 1 is 1.35 bits per heavy atom. The highest BCUT2D eigenvalue weighted by Gasteiger charge is 2.25. The zero-order valence-electron chi connectivity index (χ0n) is 9.85. The monoisotopic (exact) mass is 255 g/mol. The second-order valence-electron chi connectivity index (χ2n) is 4.22. The average Bonchev–Trinajstić information content (AvgIpc) is 2.50. The molecule has 0 aliphatic carbocycles. The summed E-state index contributed by atoms with van der Waals surface area (Å²) in [5.74, 6) is 1.15. The summed E-state index contributed by atoms with van der Waals surface area (Å²) in [6.45, 7) is 0.724. The van der Waals surface area contributed by atoms with Crippen LogP contribution >= 0.6 is 0 Å². The van der Waals surface area contributed by atoms with E-state index in [0.29, 0.717) is 6.42 Å². The molecule has 0 amide bonds. The Bertz CT molecular complexity index is 484. The first-order valence-electron chi connectivity index (χ1n) is 5.69. The van der Waals surface area contributed by atoms with Crippen LogP contribution in [0.5, 0.6) is 5.75 Å². The molecule has 5 heteroatoms. The van der Waals surface area contributed by atoms with Gasteiger partial charge < -0.3 is 10.1 Å². The summed E-state index contributed by atoms with van der Waals surface area (Å²) in [6, 6.07) is 7.38. The molecule has 1 aromatic rings. The van der Waals surface area contributed by atoms with Crippen molar-refractivity contribution in [2.75, 3.05) is 25.2 Å². The smallest absolute Gasteiger partial charge is 0.152 e. The molecule has 94 valence electrons. The number of para-hydroxylation sites is 1. The van der Waals surface area contributed by atoms with E-state index in [-0.39, 0.29) is 17.5 Å². The van der Waals surface area contributed by atoms with Gasteiger partial charge in [-0.05, 0) is 19.0 Å². The molecule has 1 aliphatic rings. The molecule has 4 nitrogen and oxygen atoms in total. The molecule has 2 rings (SSSR count). The van der Waals surface area contributed by atoms with Crippen LogP contribution in [-0.4, -0.2) is 33.6 Å². The summed E-state index contributed by atoms with van der Waals surface area (Å²) in [6.07, 6.45) is 0.675. The van der Waals surface area contributed by atoms with Crippen LogP contribution in [0.25, 0.3) is 0 Å². The second kappa shape index (κ2) is 5.06. The normalized spacial score (nSPS) is 23.9. The quantitative estimate of drug-likeness (QED) is 0.861. The Morgan fingerprint density at radius 2 is 2.12 bits per heavy atom. The largest absolute Gasteiger partial charge is 0.496 e. The van der Waals surface area contributed by atoms with Gasteiger partial charge in [0.25, 0.3) is 0 Å². The van der Waals surface area contributed by atoms with Crippen molar-refractivity contribution in [2.24, 2.45) is 0 Å². The highest BCUT2D eigenvalue weighted by Crippen LogP contribution is 2.27. The lowest BCUT2D eigenvalue weighted by molar-refractivity contribution is 0.402. The topological polar surface area (TPSA) is 55.4 Å². The van der Waals surface area contributed by atoms with E-state index >= 15 is 0 Å². The van der Waals surface area contributed by atoms with Crippen LogP contribution < -0.4 is 10.1 Å². The van der Waals surface area contributed by atoms with Gasteiger partial charge >= 0.3 is 0 Å². The summed E-state index contributed by atoms with van der Waals surface area (Å²) in [5.41, 5.74) is 0.917. The standard InChI is InChI=1S/C12H17NO3S/c1-16-12-6-3-2-5-10(12)11-9-17(14,15)8-4-7-13-11/h2-3,5-6,11,13H,4,7-9H2,1H3. The fourth-order valence-electron chi connectivity index (χ4n) is 2.12. The van der Waals surface area contributed by atoms with E-state index in [9.17, 15) is 8.42 Å². The van der Waals surface area contributed by atoms with Crippen molar-refractivity contribution in [1.29, 1.82) is 0 Å². The van der Waals surface area contributed by atoms with E-state index in [4.69, 9.17) is 4.74 Å². The maximum absolute atomic E-state index is 11.8. The maximum Gasteiger partial charge on any atom is 0.152 e. The Kier molecular flexibility index (Phi) is 3.69. The zero-order valence-corrected chi connectivity index (χ0v) is 10.7. The molecule has 1 atom stereocenters. The second-order valence-corrected chi connectivity index (χ2v) is 6.45. The summed E-state index contributed by atoms with van der Waals surface area (Å²) in [7, 11) is -1.36. The summed E-state index contributed by atoms with van der Waals surface area (Å²) in [5, 5.41) is 3.27. The molecule has 1 saturated heterocycles. The van der Waals surface area contributed by atoms with E-state index in [1.54, 1.807) is 7.11 Å². The highest BCUT2D eigenvalue weighted by atomic mass is 32.2. The van der Waals surface area contributed by atoms with Gasteiger partial charge in [-0.3, -0.25) is 0 Å². The van der Waals surface area contributed by atoms with Gasteiger partial charge in [0.1, 0.15) is 5.75 Å². The molecule has 1 fully saturated rings. The van der Waals surface area contributed by atoms with Crippen LogP contribution in [0.1, 0.15) is 18.0 Å². The number of nitrogens with one attached hydrogen (secondary N) is 1. The van der Waals surface area contributed by atoms with E-state index in [0.717, 1.165) is 17.9 Å². The van der Waals surface area contributed by atoms with E-state index in [1.165, 1.54) is 0 Å². The molecule has 1 aromatic carbocycles. The van der Waals surface area contributed by atoms with Gasteiger partial charge in [-0.25, -0.2) is 8.42 Å². The molecular weight excluding hydrogens is 238 g/mol. The highest BCUT2D eigenvalue weighted by molar-refractivity contribution is 7.91. The lowest BCUT2D eigenvalue weighted by Gasteiger charge is -2.18. The van der Waals surface area contributed by atoms with Crippen molar-refractivity contribution in [1.82, 2.24) is 5.32 Å². The predicted molar refractivity (Wildman–Crippen MR) is 67.0 cm³/mol. The third-order valence-corrected chi connectivity index (χ3v) is 4.71. The molecule has 0 bridgehead atoms. The van der Waals surface area contributed by atoms with Gasteiger partial charge in [0.2, 0.25) is 0 Å². The van der Waals surface area contributed by atoms with Gasteiger partial charge in [0.15, 0.2) is 9.84 Å². The number of hydrogen-bond donors (Lipinski definition) is 1. The lowest BCUT2D eigenvalue weighted by Crippen LogP contribution is -2.25. The van der Waals surface area contributed by atoms with Gasteiger partial charge in [0, 0.05) is 11.6 Å². The Balaban J connectivity index is 2.31. The third-order valence-electron chi connectivity index (χ3n) is 2.96. The number of benzene rings is 1. The summed E-state index contributed by atoms with van der Waals surface area (Å²) >= 11 is 0. The number of methoxy groups -OCH3 is 1. The average molecular weight is 255 g/mol. The molecule has 0 spiro atoms. The van der Waals surface area contributed by atoms with Crippen molar-refractivity contribution in [3.05, 3.63) is 29.8 Å². The molecule has 0 aromatic heterocycles. The minimum absolute atomic E-state index is 0.146.